The van der Waals surface area contributed by atoms with Crippen LogP contribution in [-0.2, 0) is 9.59 Å². The third kappa shape index (κ3) is 0.775. The molecule has 0 fully saturated rings. The fraction of sp³-hybridized carbons (Fsp3) is 0.333. The Kier molecular flexibility index (Phi) is 1.24. The van der Waals surface area contributed by atoms with Crippen LogP contribution in [0.4, 0.5) is 0 Å². The monoisotopic (exact) mass is 142 g/mol. The van der Waals surface area contributed by atoms with E-state index in [1.807, 2.05) is 0 Å². The first kappa shape index (κ1) is 6.80. The maximum absolute atomic E-state index is 10.2. The SMILES string of the molecule is CC1C(C(=O)O)=C1C(=O)O. The Hall–Kier alpha value is -1.32. The fourth-order valence-electron chi connectivity index (χ4n) is 0.937. The van der Waals surface area contributed by atoms with Gasteiger partial charge < -0.3 is 10.2 Å². The molecule has 4 heteroatoms. The number of rotatable bonds is 2. The van der Waals surface area contributed by atoms with Gasteiger partial charge in [0.15, 0.2) is 0 Å². The molecule has 0 aliphatic heterocycles. The second-order valence-corrected chi connectivity index (χ2v) is 2.16. The molecule has 2 N–H and O–H groups in total. The molecule has 10 heavy (non-hydrogen) atoms. The zero-order valence-corrected chi connectivity index (χ0v) is 5.29. The molecule has 54 valence electrons. The van der Waals surface area contributed by atoms with Crippen LogP contribution in [0.15, 0.2) is 11.1 Å². The number of aliphatic carboxylic acids is 2. The van der Waals surface area contributed by atoms with Gasteiger partial charge in [0.05, 0.1) is 11.1 Å². The third-order valence-electron chi connectivity index (χ3n) is 1.53. The molecule has 0 amide bonds. The molecule has 4 nitrogen and oxygen atoms in total. The maximum Gasteiger partial charge on any atom is 0.332 e. The lowest BCUT2D eigenvalue weighted by atomic mass is 10.3. The van der Waals surface area contributed by atoms with E-state index in [-0.39, 0.29) is 17.1 Å². The smallest absolute Gasteiger partial charge is 0.332 e. The molecule has 1 aliphatic rings. The highest BCUT2D eigenvalue weighted by molar-refractivity contribution is 6.08. The van der Waals surface area contributed by atoms with E-state index in [4.69, 9.17) is 10.2 Å². The zero-order valence-electron chi connectivity index (χ0n) is 5.29. The molecule has 1 rings (SSSR count). The van der Waals surface area contributed by atoms with E-state index in [0.717, 1.165) is 0 Å². The van der Waals surface area contributed by atoms with Crippen LogP contribution in [0.1, 0.15) is 6.92 Å². The Balaban J connectivity index is 2.81. The van der Waals surface area contributed by atoms with Crippen molar-refractivity contribution >= 4 is 11.9 Å². The van der Waals surface area contributed by atoms with Crippen LogP contribution in [0.2, 0.25) is 0 Å². The third-order valence-corrected chi connectivity index (χ3v) is 1.53. The highest BCUT2D eigenvalue weighted by atomic mass is 16.4. The predicted molar refractivity (Wildman–Crippen MR) is 31.5 cm³/mol. The van der Waals surface area contributed by atoms with E-state index in [1.54, 1.807) is 6.92 Å². The minimum atomic E-state index is -1.12. The van der Waals surface area contributed by atoms with Crippen LogP contribution in [-0.4, -0.2) is 22.2 Å². The van der Waals surface area contributed by atoms with E-state index in [0.29, 0.717) is 0 Å². The van der Waals surface area contributed by atoms with E-state index in [2.05, 4.69) is 0 Å². The zero-order chi connectivity index (χ0) is 7.89. The molecular formula is C6H6O4. The van der Waals surface area contributed by atoms with Gasteiger partial charge in [-0.3, -0.25) is 0 Å². The molecule has 0 spiro atoms. The van der Waals surface area contributed by atoms with E-state index < -0.39 is 11.9 Å². The van der Waals surface area contributed by atoms with Gasteiger partial charge in [-0.1, -0.05) is 6.92 Å². The van der Waals surface area contributed by atoms with Crippen molar-refractivity contribution in [2.24, 2.45) is 5.92 Å². The second kappa shape index (κ2) is 1.83. The number of carbonyl (C=O) groups is 2. The van der Waals surface area contributed by atoms with Crippen molar-refractivity contribution in [3.63, 3.8) is 0 Å². The van der Waals surface area contributed by atoms with E-state index in [9.17, 15) is 9.59 Å². The van der Waals surface area contributed by atoms with Gasteiger partial charge in [0.1, 0.15) is 0 Å². The number of carboxylic acid groups (broad SMARTS) is 2. The summed E-state index contributed by atoms with van der Waals surface area (Å²) in [5.41, 5.74) is 0.0694. The molecular weight excluding hydrogens is 136 g/mol. The summed E-state index contributed by atoms with van der Waals surface area (Å²) >= 11 is 0. The summed E-state index contributed by atoms with van der Waals surface area (Å²) in [6, 6.07) is 0. The van der Waals surface area contributed by atoms with Crippen LogP contribution in [0, 0.1) is 5.92 Å². The topological polar surface area (TPSA) is 74.6 Å². The molecule has 0 aromatic rings. The summed E-state index contributed by atoms with van der Waals surface area (Å²) < 4.78 is 0. The number of hydrogen-bond donors (Lipinski definition) is 2. The standard InChI is InChI=1S/C6H6O4/c1-2-3(5(7)8)4(2)6(9)10/h2H,1H3,(H,7,8)(H,9,10). The second-order valence-electron chi connectivity index (χ2n) is 2.16. The van der Waals surface area contributed by atoms with Gasteiger partial charge in [0, 0.05) is 5.92 Å². The van der Waals surface area contributed by atoms with Crippen LogP contribution in [0.5, 0.6) is 0 Å². The average molecular weight is 142 g/mol. The molecule has 0 saturated carbocycles. The fourth-order valence-corrected chi connectivity index (χ4v) is 0.937. The van der Waals surface area contributed by atoms with Crippen molar-refractivity contribution in [3.8, 4) is 0 Å². The molecule has 0 aromatic heterocycles. The Morgan fingerprint density at radius 3 is 1.60 bits per heavy atom. The molecule has 0 aromatic carbocycles. The maximum atomic E-state index is 10.2. The van der Waals surface area contributed by atoms with Crippen molar-refractivity contribution in [3.05, 3.63) is 11.1 Å². The summed E-state index contributed by atoms with van der Waals surface area (Å²) in [5, 5.41) is 16.6. The molecule has 0 radical (unpaired) electrons. The lowest BCUT2D eigenvalue weighted by Crippen LogP contribution is -1.91. The molecule has 1 aliphatic carbocycles. The van der Waals surface area contributed by atoms with Gasteiger partial charge in [0.25, 0.3) is 0 Å². The largest absolute Gasteiger partial charge is 0.478 e. The quantitative estimate of drug-likeness (QED) is 0.573. The minimum absolute atomic E-state index is 0.0347. The van der Waals surface area contributed by atoms with Gasteiger partial charge in [-0.2, -0.15) is 0 Å². The van der Waals surface area contributed by atoms with Crippen molar-refractivity contribution in [1.29, 1.82) is 0 Å². The molecule has 0 heterocycles. The van der Waals surface area contributed by atoms with Crippen molar-refractivity contribution in [1.82, 2.24) is 0 Å². The molecule has 0 saturated heterocycles. The summed E-state index contributed by atoms with van der Waals surface area (Å²) in [5.74, 6) is -2.61. The Morgan fingerprint density at radius 2 is 1.50 bits per heavy atom. The van der Waals surface area contributed by atoms with Gasteiger partial charge >= 0.3 is 11.9 Å². The lowest BCUT2D eigenvalue weighted by Gasteiger charge is -1.80. The Labute approximate surface area is 56.8 Å². The number of hydrogen-bond acceptors (Lipinski definition) is 2. The highest BCUT2D eigenvalue weighted by Crippen LogP contribution is 2.38. The molecule has 0 unspecified atom stereocenters. The van der Waals surface area contributed by atoms with E-state index in [1.165, 1.54) is 0 Å². The first-order valence-corrected chi connectivity index (χ1v) is 2.76. The Morgan fingerprint density at radius 1 is 1.20 bits per heavy atom. The Bertz CT molecular complexity index is 214. The summed E-state index contributed by atoms with van der Waals surface area (Å²) in [6.45, 7) is 1.56. The van der Waals surface area contributed by atoms with Crippen LogP contribution < -0.4 is 0 Å². The average Bonchev–Trinajstić information content (AvgIpc) is 2.40. The van der Waals surface area contributed by atoms with Gasteiger partial charge in [0.2, 0.25) is 0 Å². The molecule has 0 bridgehead atoms. The molecule has 0 atom stereocenters. The van der Waals surface area contributed by atoms with Crippen molar-refractivity contribution < 1.29 is 19.8 Å². The van der Waals surface area contributed by atoms with E-state index >= 15 is 0 Å². The summed E-state index contributed by atoms with van der Waals surface area (Å²) in [7, 11) is 0. The summed E-state index contributed by atoms with van der Waals surface area (Å²) in [4.78, 5) is 20.3. The lowest BCUT2D eigenvalue weighted by molar-refractivity contribution is -0.134. The first-order valence-electron chi connectivity index (χ1n) is 2.76. The highest BCUT2D eigenvalue weighted by Gasteiger charge is 2.42. The number of carboxylic acids is 2. The van der Waals surface area contributed by atoms with Gasteiger partial charge in [-0.25, -0.2) is 9.59 Å². The first-order chi connectivity index (χ1) is 4.55. The van der Waals surface area contributed by atoms with Gasteiger partial charge in [-0.15, -0.1) is 0 Å². The van der Waals surface area contributed by atoms with Gasteiger partial charge in [-0.05, 0) is 0 Å². The van der Waals surface area contributed by atoms with Crippen LogP contribution >= 0.6 is 0 Å². The normalized spacial score (nSPS) is 17.3. The van der Waals surface area contributed by atoms with Crippen molar-refractivity contribution in [2.75, 3.05) is 0 Å². The minimum Gasteiger partial charge on any atom is -0.478 e. The van der Waals surface area contributed by atoms with Crippen LogP contribution in [0.3, 0.4) is 0 Å². The summed E-state index contributed by atoms with van der Waals surface area (Å²) in [6.07, 6.45) is 0. The van der Waals surface area contributed by atoms with Crippen molar-refractivity contribution in [2.45, 2.75) is 6.92 Å². The van der Waals surface area contributed by atoms with Crippen LogP contribution in [0.25, 0.3) is 0 Å². The predicted octanol–water partition coefficient (Wildman–Crippen LogP) is 0.102.